The van der Waals surface area contributed by atoms with Crippen molar-refractivity contribution in [2.45, 2.75) is 6.42 Å². The largest absolute Gasteiger partial charge is 0.497 e. The smallest absolute Gasteiger partial charge is 0.309 e. The van der Waals surface area contributed by atoms with E-state index in [2.05, 4.69) is 4.98 Å². The number of rotatable bonds is 4. The number of carbonyl (C=O) groups is 1. The van der Waals surface area contributed by atoms with Gasteiger partial charge in [-0.2, -0.15) is 0 Å². The van der Waals surface area contributed by atoms with E-state index in [1.54, 1.807) is 25.3 Å². The molecule has 18 heavy (non-hydrogen) atoms. The molecule has 1 N–H and O–H groups in total. The molecule has 6 heteroatoms. The molecular formula is C12H10ClNO4. The molecule has 1 aromatic heterocycles. The van der Waals surface area contributed by atoms with E-state index in [4.69, 9.17) is 25.9 Å². The van der Waals surface area contributed by atoms with Crippen molar-refractivity contribution < 1.29 is 19.1 Å². The molecule has 1 aromatic carbocycles. The lowest BCUT2D eigenvalue weighted by atomic mass is 10.2. The maximum Gasteiger partial charge on any atom is 0.309 e. The van der Waals surface area contributed by atoms with Gasteiger partial charge in [0.1, 0.15) is 12.0 Å². The number of benzene rings is 1. The monoisotopic (exact) mass is 267 g/mol. The van der Waals surface area contributed by atoms with Crippen LogP contribution in [0.5, 0.6) is 5.75 Å². The molecule has 0 saturated carbocycles. The second-order valence-corrected chi connectivity index (χ2v) is 3.97. The Morgan fingerprint density at radius 3 is 2.94 bits per heavy atom. The number of oxazole rings is 1. The number of aromatic nitrogens is 1. The molecule has 5 nitrogen and oxygen atoms in total. The molecule has 2 rings (SSSR count). The predicted molar refractivity (Wildman–Crippen MR) is 64.8 cm³/mol. The number of hydrogen-bond acceptors (Lipinski definition) is 4. The lowest BCUT2D eigenvalue weighted by molar-refractivity contribution is -0.136. The van der Waals surface area contributed by atoms with E-state index in [0.717, 1.165) is 0 Å². The van der Waals surface area contributed by atoms with Crippen LogP contribution in [-0.2, 0) is 11.2 Å². The third-order valence-electron chi connectivity index (χ3n) is 2.29. The maximum absolute atomic E-state index is 10.5. The number of methoxy groups -OCH3 is 1. The number of carboxylic acid groups (broad SMARTS) is 1. The first-order valence-corrected chi connectivity index (χ1v) is 5.48. The van der Waals surface area contributed by atoms with Crippen LogP contribution < -0.4 is 4.74 Å². The van der Waals surface area contributed by atoms with E-state index in [0.29, 0.717) is 27.9 Å². The van der Waals surface area contributed by atoms with Crippen LogP contribution in [0, 0.1) is 0 Å². The summed E-state index contributed by atoms with van der Waals surface area (Å²) in [6, 6.07) is 5.07. The Hall–Kier alpha value is -2.01. The van der Waals surface area contributed by atoms with Crippen LogP contribution in [-0.4, -0.2) is 23.2 Å². The van der Waals surface area contributed by atoms with E-state index in [-0.39, 0.29) is 6.42 Å². The SMILES string of the molecule is COc1ccc(-c2nc(CC(=O)O)co2)c(Cl)c1. The fourth-order valence-corrected chi connectivity index (χ4v) is 1.71. The average molecular weight is 268 g/mol. The normalized spacial score (nSPS) is 10.3. The molecule has 0 atom stereocenters. The number of nitrogens with zero attached hydrogens (tertiary/aromatic N) is 1. The van der Waals surface area contributed by atoms with Crippen LogP contribution in [0.3, 0.4) is 0 Å². The van der Waals surface area contributed by atoms with Crippen molar-refractivity contribution in [3.05, 3.63) is 35.2 Å². The second-order valence-electron chi connectivity index (χ2n) is 3.56. The molecule has 2 aromatic rings. The van der Waals surface area contributed by atoms with Crippen LogP contribution in [0.2, 0.25) is 5.02 Å². The summed E-state index contributed by atoms with van der Waals surface area (Å²) >= 11 is 6.06. The quantitative estimate of drug-likeness (QED) is 0.922. The first-order valence-electron chi connectivity index (χ1n) is 5.10. The molecular weight excluding hydrogens is 258 g/mol. The molecule has 0 fully saturated rings. The van der Waals surface area contributed by atoms with Crippen molar-refractivity contribution in [1.29, 1.82) is 0 Å². The highest BCUT2D eigenvalue weighted by molar-refractivity contribution is 6.33. The molecule has 0 aliphatic heterocycles. The van der Waals surface area contributed by atoms with Gasteiger partial charge in [0.25, 0.3) is 0 Å². The van der Waals surface area contributed by atoms with Gasteiger partial charge in [-0.3, -0.25) is 4.79 Å². The third kappa shape index (κ3) is 2.62. The summed E-state index contributed by atoms with van der Waals surface area (Å²) in [4.78, 5) is 14.6. The summed E-state index contributed by atoms with van der Waals surface area (Å²) in [7, 11) is 1.54. The second kappa shape index (κ2) is 5.10. The summed E-state index contributed by atoms with van der Waals surface area (Å²) < 4.78 is 10.2. The van der Waals surface area contributed by atoms with Gasteiger partial charge in [-0.1, -0.05) is 11.6 Å². The summed E-state index contributed by atoms with van der Waals surface area (Å²) in [6.07, 6.45) is 1.13. The number of halogens is 1. The molecule has 0 saturated heterocycles. The maximum atomic E-state index is 10.5. The molecule has 1 heterocycles. The van der Waals surface area contributed by atoms with Gasteiger partial charge in [-0.15, -0.1) is 0 Å². The number of aliphatic carboxylic acids is 1. The Balaban J connectivity index is 2.31. The molecule has 94 valence electrons. The number of carboxylic acids is 1. The summed E-state index contributed by atoms with van der Waals surface area (Å²) in [5.41, 5.74) is 0.943. The average Bonchev–Trinajstić information content (AvgIpc) is 2.76. The van der Waals surface area contributed by atoms with Gasteiger partial charge in [0.15, 0.2) is 0 Å². The molecule has 0 spiro atoms. The van der Waals surface area contributed by atoms with Gasteiger partial charge in [0.2, 0.25) is 5.89 Å². The number of ether oxygens (including phenoxy) is 1. The van der Waals surface area contributed by atoms with Crippen LogP contribution in [0.15, 0.2) is 28.9 Å². The molecule has 0 aliphatic rings. The summed E-state index contributed by atoms with van der Waals surface area (Å²) in [5.74, 6) is -0.0457. The zero-order chi connectivity index (χ0) is 13.1. The lowest BCUT2D eigenvalue weighted by Gasteiger charge is -2.02. The Labute approximate surface area is 108 Å². The van der Waals surface area contributed by atoms with Gasteiger partial charge in [-0.25, -0.2) is 4.98 Å². The van der Waals surface area contributed by atoms with E-state index in [1.807, 2.05) is 0 Å². The standard InChI is InChI=1S/C12H10ClNO4/c1-17-8-2-3-9(10(13)5-8)12-14-7(6-18-12)4-11(15)16/h2-3,5-6H,4H2,1H3,(H,15,16). The van der Waals surface area contributed by atoms with E-state index >= 15 is 0 Å². The van der Waals surface area contributed by atoms with Crippen LogP contribution in [0.25, 0.3) is 11.5 Å². The first-order chi connectivity index (χ1) is 8.60. The van der Waals surface area contributed by atoms with Crippen molar-refractivity contribution in [3.63, 3.8) is 0 Å². The minimum absolute atomic E-state index is 0.183. The van der Waals surface area contributed by atoms with Gasteiger partial charge in [0, 0.05) is 0 Å². The Morgan fingerprint density at radius 1 is 1.56 bits per heavy atom. The molecule has 0 bridgehead atoms. The Morgan fingerprint density at radius 2 is 2.33 bits per heavy atom. The van der Waals surface area contributed by atoms with E-state index in [9.17, 15) is 4.79 Å². The fraction of sp³-hybridized carbons (Fsp3) is 0.167. The van der Waals surface area contributed by atoms with Crippen molar-refractivity contribution in [1.82, 2.24) is 4.98 Å². The van der Waals surface area contributed by atoms with Gasteiger partial charge < -0.3 is 14.3 Å². The molecule has 0 amide bonds. The highest BCUT2D eigenvalue weighted by Crippen LogP contribution is 2.30. The third-order valence-corrected chi connectivity index (χ3v) is 2.60. The van der Waals surface area contributed by atoms with Gasteiger partial charge in [0.05, 0.1) is 29.8 Å². The zero-order valence-corrected chi connectivity index (χ0v) is 10.3. The topological polar surface area (TPSA) is 72.6 Å². The molecule has 0 radical (unpaired) electrons. The molecule has 0 aliphatic carbocycles. The Bertz CT molecular complexity index is 579. The lowest BCUT2D eigenvalue weighted by Crippen LogP contribution is -1.99. The summed E-state index contributed by atoms with van der Waals surface area (Å²) in [6.45, 7) is 0. The zero-order valence-electron chi connectivity index (χ0n) is 9.51. The summed E-state index contributed by atoms with van der Waals surface area (Å²) in [5, 5.41) is 9.07. The van der Waals surface area contributed by atoms with Gasteiger partial charge >= 0.3 is 5.97 Å². The predicted octanol–water partition coefficient (Wildman–Crippen LogP) is 2.63. The minimum Gasteiger partial charge on any atom is -0.497 e. The van der Waals surface area contributed by atoms with E-state index in [1.165, 1.54) is 6.26 Å². The van der Waals surface area contributed by atoms with Crippen LogP contribution in [0.1, 0.15) is 5.69 Å². The van der Waals surface area contributed by atoms with Crippen LogP contribution >= 0.6 is 11.6 Å². The van der Waals surface area contributed by atoms with Crippen LogP contribution in [0.4, 0.5) is 0 Å². The van der Waals surface area contributed by atoms with Crippen molar-refractivity contribution in [2.24, 2.45) is 0 Å². The van der Waals surface area contributed by atoms with Crippen molar-refractivity contribution in [3.8, 4) is 17.2 Å². The van der Waals surface area contributed by atoms with Crippen molar-refractivity contribution >= 4 is 17.6 Å². The van der Waals surface area contributed by atoms with Gasteiger partial charge in [-0.05, 0) is 18.2 Å². The highest BCUT2D eigenvalue weighted by Gasteiger charge is 2.12. The van der Waals surface area contributed by atoms with Crippen molar-refractivity contribution in [2.75, 3.05) is 7.11 Å². The highest BCUT2D eigenvalue weighted by atomic mass is 35.5. The minimum atomic E-state index is -0.962. The molecule has 0 unspecified atom stereocenters. The van der Waals surface area contributed by atoms with E-state index < -0.39 is 5.97 Å². The number of hydrogen-bond donors (Lipinski definition) is 1. The Kier molecular flexibility index (Phi) is 3.53. The first kappa shape index (κ1) is 12.4. The fourth-order valence-electron chi connectivity index (χ4n) is 1.46.